The number of primary sulfonamides is 1. The summed E-state index contributed by atoms with van der Waals surface area (Å²) in [5.41, 5.74) is 0.518. The van der Waals surface area contributed by atoms with Crippen LogP contribution >= 0.6 is 0 Å². The van der Waals surface area contributed by atoms with E-state index in [9.17, 15) is 8.42 Å². The lowest BCUT2D eigenvalue weighted by Crippen LogP contribution is -2.33. The van der Waals surface area contributed by atoms with Crippen molar-refractivity contribution >= 4 is 15.7 Å². The summed E-state index contributed by atoms with van der Waals surface area (Å²) in [4.78, 5) is 0.113. The van der Waals surface area contributed by atoms with Gasteiger partial charge >= 0.3 is 0 Å². The Morgan fingerprint density at radius 2 is 2.00 bits per heavy atom. The van der Waals surface area contributed by atoms with Gasteiger partial charge in [-0.15, -0.1) is 0 Å². The highest BCUT2D eigenvalue weighted by Crippen LogP contribution is 2.18. The van der Waals surface area contributed by atoms with Crippen LogP contribution in [0, 0.1) is 0 Å². The third-order valence-electron chi connectivity index (χ3n) is 3.25. The Balaban J connectivity index is 1.82. The second-order valence-electron chi connectivity index (χ2n) is 4.79. The molecule has 1 aliphatic heterocycles. The normalized spacial score (nSPS) is 17.1. The SMILES string of the molecule is NS(=O)(=O)c1ccccc1NCCOC1CCNCC1. The van der Waals surface area contributed by atoms with Gasteiger partial charge < -0.3 is 15.4 Å². The van der Waals surface area contributed by atoms with Gasteiger partial charge in [0, 0.05) is 6.54 Å². The number of nitrogens with two attached hydrogens (primary N) is 1. The zero-order chi connectivity index (χ0) is 14.4. The summed E-state index contributed by atoms with van der Waals surface area (Å²) in [7, 11) is -3.70. The van der Waals surface area contributed by atoms with Gasteiger partial charge in [-0.1, -0.05) is 12.1 Å². The molecule has 0 bridgehead atoms. The molecular weight excluding hydrogens is 278 g/mol. The molecule has 1 saturated heterocycles. The van der Waals surface area contributed by atoms with Gasteiger partial charge in [0.1, 0.15) is 4.90 Å². The number of piperidine rings is 1. The molecule has 0 unspecified atom stereocenters. The zero-order valence-electron chi connectivity index (χ0n) is 11.3. The largest absolute Gasteiger partial charge is 0.382 e. The first-order valence-electron chi connectivity index (χ1n) is 6.75. The Bertz CT molecular complexity index is 527. The van der Waals surface area contributed by atoms with Crippen molar-refractivity contribution in [3.8, 4) is 0 Å². The predicted octanol–water partition coefficient (Wildman–Crippen LogP) is 0.514. The molecule has 1 aliphatic rings. The Labute approximate surface area is 119 Å². The number of sulfonamides is 1. The minimum Gasteiger partial charge on any atom is -0.382 e. The molecule has 1 fully saturated rings. The van der Waals surface area contributed by atoms with Crippen LogP contribution in [-0.4, -0.2) is 40.8 Å². The van der Waals surface area contributed by atoms with Gasteiger partial charge in [0.2, 0.25) is 10.0 Å². The van der Waals surface area contributed by atoms with E-state index in [2.05, 4.69) is 10.6 Å². The number of benzene rings is 1. The van der Waals surface area contributed by atoms with E-state index in [-0.39, 0.29) is 4.90 Å². The van der Waals surface area contributed by atoms with Gasteiger partial charge in [0.15, 0.2) is 0 Å². The smallest absolute Gasteiger partial charge is 0.240 e. The first-order chi connectivity index (χ1) is 9.57. The number of nitrogens with one attached hydrogen (secondary N) is 2. The van der Waals surface area contributed by atoms with E-state index in [0.717, 1.165) is 25.9 Å². The molecule has 0 spiro atoms. The average molecular weight is 299 g/mol. The van der Waals surface area contributed by atoms with Gasteiger partial charge in [-0.3, -0.25) is 0 Å². The maximum Gasteiger partial charge on any atom is 0.240 e. The number of hydrogen-bond acceptors (Lipinski definition) is 5. The Morgan fingerprint density at radius 3 is 2.70 bits per heavy atom. The minimum atomic E-state index is -3.70. The molecule has 4 N–H and O–H groups in total. The highest BCUT2D eigenvalue weighted by Gasteiger charge is 2.14. The second kappa shape index (κ2) is 7.03. The molecule has 7 heteroatoms. The van der Waals surface area contributed by atoms with E-state index in [0.29, 0.717) is 24.9 Å². The summed E-state index contributed by atoms with van der Waals surface area (Å²) >= 11 is 0. The summed E-state index contributed by atoms with van der Waals surface area (Å²) in [6, 6.07) is 6.61. The van der Waals surface area contributed by atoms with Crippen LogP contribution in [0.15, 0.2) is 29.2 Å². The molecule has 0 aromatic heterocycles. The van der Waals surface area contributed by atoms with Gasteiger partial charge in [-0.05, 0) is 38.1 Å². The maximum atomic E-state index is 11.4. The molecule has 20 heavy (non-hydrogen) atoms. The first kappa shape index (κ1) is 15.2. The molecular formula is C13H21N3O3S. The van der Waals surface area contributed by atoms with Crippen molar-refractivity contribution in [2.24, 2.45) is 5.14 Å². The van der Waals surface area contributed by atoms with E-state index in [4.69, 9.17) is 9.88 Å². The third-order valence-corrected chi connectivity index (χ3v) is 4.22. The second-order valence-corrected chi connectivity index (χ2v) is 6.32. The molecule has 0 saturated carbocycles. The number of rotatable bonds is 6. The van der Waals surface area contributed by atoms with Crippen molar-refractivity contribution in [2.45, 2.75) is 23.8 Å². The number of hydrogen-bond donors (Lipinski definition) is 3. The molecule has 112 valence electrons. The van der Waals surface area contributed by atoms with Crippen LogP contribution in [0.4, 0.5) is 5.69 Å². The Hall–Kier alpha value is -1.15. The van der Waals surface area contributed by atoms with Gasteiger partial charge in [-0.2, -0.15) is 0 Å². The van der Waals surface area contributed by atoms with Crippen molar-refractivity contribution in [3.63, 3.8) is 0 Å². The lowest BCUT2D eigenvalue weighted by atomic mass is 10.1. The van der Waals surface area contributed by atoms with Crippen molar-refractivity contribution < 1.29 is 13.2 Å². The number of anilines is 1. The maximum absolute atomic E-state index is 11.4. The lowest BCUT2D eigenvalue weighted by molar-refractivity contribution is 0.0394. The summed E-state index contributed by atoms with van der Waals surface area (Å²) in [5, 5.41) is 11.5. The number of para-hydroxylation sites is 1. The van der Waals surface area contributed by atoms with E-state index < -0.39 is 10.0 Å². The topological polar surface area (TPSA) is 93.5 Å². The lowest BCUT2D eigenvalue weighted by Gasteiger charge is -2.23. The van der Waals surface area contributed by atoms with E-state index in [1.807, 2.05) is 0 Å². The first-order valence-corrected chi connectivity index (χ1v) is 8.30. The van der Waals surface area contributed by atoms with Gasteiger partial charge in [0.25, 0.3) is 0 Å². The van der Waals surface area contributed by atoms with Crippen LogP contribution in [0.1, 0.15) is 12.8 Å². The molecule has 0 amide bonds. The molecule has 1 aromatic rings. The minimum absolute atomic E-state index is 0.113. The fourth-order valence-corrected chi connectivity index (χ4v) is 2.95. The Kier molecular flexibility index (Phi) is 5.36. The molecule has 0 radical (unpaired) electrons. The highest BCUT2D eigenvalue weighted by atomic mass is 32.2. The molecule has 1 aromatic carbocycles. The van der Waals surface area contributed by atoms with Crippen LogP contribution < -0.4 is 15.8 Å². The zero-order valence-corrected chi connectivity index (χ0v) is 12.2. The predicted molar refractivity (Wildman–Crippen MR) is 78.1 cm³/mol. The fourth-order valence-electron chi connectivity index (χ4n) is 2.23. The van der Waals surface area contributed by atoms with Gasteiger partial charge in [-0.25, -0.2) is 13.6 Å². The van der Waals surface area contributed by atoms with E-state index >= 15 is 0 Å². The van der Waals surface area contributed by atoms with Crippen molar-refractivity contribution in [1.29, 1.82) is 0 Å². The van der Waals surface area contributed by atoms with Crippen LogP contribution in [0.5, 0.6) is 0 Å². The highest BCUT2D eigenvalue weighted by molar-refractivity contribution is 7.89. The van der Waals surface area contributed by atoms with Crippen LogP contribution in [0.25, 0.3) is 0 Å². The molecule has 1 heterocycles. The molecule has 2 rings (SSSR count). The van der Waals surface area contributed by atoms with E-state index in [1.165, 1.54) is 6.07 Å². The monoisotopic (exact) mass is 299 g/mol. The molecule has 0 atom stereocenters. The third kappa shape index (κ3) is 4.45. The van der Waals surface area contributed by atoms with Crippen molar-refractivity contribution in [1.82, 2.24) is 5.32 Å². The van der Waals surface area contributed by atoms with Crippen LogP contribution in [0.3, 0.4) is 0 Å². The quantitative estimate of drug-likeness (QED) is 0.666. The van der Waals surface area contributed by atoms with Crippen molar-refractivity contribution in [3.05, 3.63) is 24.3 Å². The van der Waals surface area contributed by atoms with Crippen LogP contribution in [0.2, 0.25) is 0 Å². The summed E-state index contributed by atoms with van der Waals surface area (Å²) in [5.74, 6) is 0. The van der Waals surface area contributed by atoms with Crippen LogP contribution in [-0.2, 0) is 14.8 Å². The standard InChI is InChI=1S/C13H21N3O3S/c14-20(17,18)13-4-2-1-3-12(13)16-9-10-19-11-5-7-15-8-6-11/h1-4,11,15-16H,5-10H2,(H2,14,17,18). The Morgan fingerprint density at radius 1 is 1.30 bits per heavy atom. The average Bonchev–Trinajstić information content (AvgIpc) is 2.44. The van der Waals surface area contributed by atoms with Crippen molar-refractivity contribution in [2.75, 3.05) is 31.6 Å². The molecule has 6 nitrogen and oxygen atoms in total. The van der Waals surface area contributed by atoms with E-state index in [1.54, 1.807) is 18.2 Å². The fraction of sp³-hybridized carbons (Fsp3) is 0.538. The summed E-state index contributed by atoms with van der Waals surface area (Å²) < 4.78 is 28.6. The summed E-state index contributed by atoms with van der Waals surface area (Å²) in [6.07, 6.45) is 2.34. The van der Waals surface area contributed by atoms with Gasteiger partial charge in [0.05, 0.1) is 18.4 Å². The molecule has 0 aliphatic carbocycles. The summed E-state index contributed by atoms with van der Waals surface area (Å²) in [6.45, 7) is 3.08. The number of ether oxygens (including phenoxy) is 1.